The third kappa shape index (κ3) is 5.47. The minimum Gasteiger partial charge on any atom is -0.484 e. The summed E-state index contributed by atoms with van der Waals surface area (Å²) >= 11 is 0. The van der Waals surface area contributed by atoms with Crippen LogP contribution in [0.1, 0.15) is 24.0 Å². The SMILES string of the molecule is O=C(COc1cccc(NC(=O)C2CC2)c1)Nc1ccccc1Cc1ccccc1. The molecule has 5 heteroatoms. The molecule has 2 N–H and O–H groups in total. The molecule has 0 bridgehead atoms. The van der Waals surface area contributed by atoms with Gasteiger partial charge in [-0.05, 0) is 48.6 Å². The quantitative estimate of drug-likeness (QED) is 0.579. The number of rotatable bonds is 8. The van der Waals surface area contributed by atoms with Gasteiger partial charge >= 0.3 is 0 Å². The van der Waals surface area contributed by atoms with E-state index in [0.29, 0.717) is 11.4 Å². The molecule has 152 valence electrons. The van der Waals surface area contributed by atoms with E-state index in [1.54, 1.807) is 18.2 Å². The van der Waals surface area contributed by atoms with Crippen molar-refractivity contribution in [3.8, 4) is 5.75 Å². The van der Waals surface area contributed by atoms with Gasteiger partial charge < -0.3 is 15.4 Å². The number of para-hydroxylation sites is 1. The Bertz CT molecular complexity index is 1030. The Labute approximate surface area is 176 Å². The number of hydrogen-bond acceptors (Lipinski definition) is 3. The van der Waals surface area contributed by atoms with Crippen LogP contribution in [0, 0.1) is 5.92 Å². The van der Waals surface area contributed by atoms with Crippen LogP contribution >= 0.6 is 0 Å². The highest BCUT2D eigenvalue weighted by molar-refractivity contribution is 5.94. The number of carbonyl (C=O) groups excluding carboxylic acids is 2. The molecule has 3 aromatic carbocycles. The van der Waals surface area contributed by atoms with Gasteiger partial charge in [-0.1, -0.05) is 54.6 Å². The van der Waals surface area contributed by atoms with Crippen molar-refractivity contribution in [3.63, 3.8) is 0 Å². The number of carbonyl (C=O) groups is 2. The fraction of sp³-hybridized carbons (Fsp3) is 0.200. The number of amides is 2. The van der Waals surface area contributed by atoms with Gasteiger partial charge in [0.1, 0.15) is 5.75 Å². The minimum atomic E-state index is -0.233. The summed E-state index contributed by atoms with van der Waals surface area (Å²) in [6, 6.07) is 25.0. The van der Waals surface area contributed by atoms with Crippen molar-refractivity contribution < 1.29 is 14.3 Å². The zero-order valence-corrected chi connectivity index (χ0v) is 16.6. The van der Waals surface area contributed by atoms with Crippen LogP contribution in [0.4, 0.5) is 11.4 Å². The Balaban J connectivity index is 1.34. The standard InChI is InChI=1S/C25H24N2O3/c28-24(17-30-22-11-6-10-21(16-22)26-25(29)19-13-14-19)27-23-12-5-4-9-20(23)15-18-7-2-1-3-8-18/h1-12,16,19H,13-15,17H2,(H,26,29)(H,27,28). The lowest BCUT2D eigenvalue weighted by molar-refractivity contribution is -0.118. The van der Waals surface area contributed by atoms with E-state index >= 15 is 0 Å². The number of ether oxygens (including phenoxy) is 1. The minimum absolute atomic E-state index is 0.0416. The van der Waals surface area contributed by atoms with Crippen LogP contribution in [-0.2, 0) is 16.0 Å². The monoisotopic (exact) mass is 400 g/mol. The highest BCUT2D eigenvalue weighted by Crippen LogP contribution is 2.30. The predicted molar refractivity (Wildman–Crippen MR) is 118 cm³/mol. The van der Waals surface area contributed by atoms with Crippen LogP contribution in [0.3, 0.4) is 0 Å². The maximum Gasteiger partial charge on any atom is 0.262 e. The van der Waals surface area contributed by atoms with Gasteiger partial charge in [-0.3, -0.25) is 9.59 Å². The molecule has 0 aromatic heterocycles. The first-order valence-electron chi connectivity index (χ1n) is 10.1. The molecule has 2 amide bonds. The van der Waals surface area contributed by atoms with Crippen molar-refractivity contribution in [3.05, 3.63) is 90.0 Å². The molecule has 0 unspecified atom stereocenters. The van der Waals surface area contributed by atoms with Crippen LogP contribution in [0.2, 0.25) is 0 Å². The summed E-state index contributed by atoms with van der Waals surface area (Å²) in [6.45, 7) is -0.111. The number of anilines is 2. The van der Waals surface area contributed by atoms with E-state index < -0.39 is 0 Å². The highest BCUT2D eigenvalue weighted by atomic mass is 16.5. The van der Waals surface area contributed by atoms with Crippen molar-refractivity contribution >= 4 is 23.2 Å². The first-order chi connectivity index (χ1) is 14.7. The van der Waals surface area contributed by atoms with Gasteiger partial charge in [0.15, 0.2) is 6.61 Å². The Hall–Kier alpha value is -3.60. The lowest BCUT2D eigenvalue weighted by Gasteiger charge is -2.12. The fourth-order valence-electron chi connectivity index (χ4n) is 3.20. The van der Waals surface area contributed by atoms with E-state index in [1.165, 1.54) is 5.56 Å². The first kappa shape index (κ1) is 19.7. The Morgan fingerprint density at radius 2 is 1.63 bits per heavy atom. The molecular formula is C25H24N2O3. The molecule has 0 heterocycles. The zero-order chi connectivity index (χ0) is 20.8. The van der Waals surface area contributed by atoms with Gasteiger partial charge in [0, 0.05) is 23.4 Å². The van der Waals surface area contributed by atoms with E-state index in [4.69, 9.17) is 4.74 Å². The molecule has 0 atom stereocenters. The zero-order valence-electron chi connectivity index (χ0n) is 16.6. The summed E-state index contributed by atoms with van der Waals surface area (Å²) < 4.78 is 5.63. The lowest BCUT2D eigenvalue weighted by atomic mass is 10.0. The molecule has 3 aromatic rings. The fourth-order valence-corrected chi connectivity index (χ4v) is 3.20. The number of hydrogen-bond donors (Lipinski definition) is 2. The molecule has 1 fully saturated rings. The third-order valence-corrected chi connectivity index (χ3v) is 4.95. The normalized spacial score (nSPS) is 12.8. The largest absolute Gasteiger partial charge is 0.484 e. The van der Waals surface area contributed by atoms with Crippen molar-refractivity contribution in [1.82, 2.24) is 0 Å². The van der Waals surface area contributed by atoms with E-state index in [-0.39, 0.29) is 24.3 Å². The van der Waals surface area contributed by atoms with Gasteiger partial charge in [0.2, 0.25) is 5.91 Å². The molecule has 4 rings (SSSR count). The summed E-state index contributed by atoms with van der Waals surface area (Å²) in [7, 11) is 0. The highest BCUT2D eigenvalue weighted by Gasteiger charge is 2.29. The Kier molecular flexibility index (Phi) is 6.09. The van der Waals surface area contributed by atoms with E-state index in [9.17, 15) is 9.59 Å². The van der Waals surface area contributed by atoms with Gasteiger partial charge in [0.05, 0.1) is 0 Å². The third-order valence-electron chi connectivity index (χ3n) is 4.95. The molecule has 1 aliphatic rings. The van der Waals surface area contributed by atoms with Crippen molar-refractivity contribution in [2.75, 3.05) is 17.2 Å². The van der Waals surface area contributed by atoms with Gasteiger partial charge in [-0.25, -0.2) is 0 Å². The Morgan fingerprint density at radius 1 is 0.867 bits per heavy atom. The summed E-state index contributed by atoms with van der Waals surface area (Å²) in [5.41, 5.74) is 3.68. The van der Waals surface area contributed by atoms with E-state index in [2.05, 4.69) is 22.8 Å². The van der Waals surface area contributed by atoms with Gasteiger partial charge in [0.25, 0.3) is 5.91 Å². The molecule has 5 nitrogen and oxygen atoms in total. The lowest BCUT2D eigenvalue weighted by Crippen LogP contribution is -2.21. The van der Waals surface area contributed by atoms with E-state index in [1.807, 2.05) is 48.5 Å². The summed E-state index contributed by atoms with van der Waals surface area (Å²) in [6.07, 6.45) is 2.64. The average Bonchev–Trinajstić information content (AvgIpc) is 3.60. The first-order valence-corrected chi connectivity index (χ1v) is 10.1. The van der Waals surface area contributed by atoms with Crippen LogP contribution in [-0.4, -0.2) is 18.4 Å². The molecule has 0 radical (unpaired) electrons. The Morgan fingerprint density at radius 3 is 2.43 bits per heavy atom. The second-order valence-electron chi connectivity index (χ2n) is 7.45. The predicted octanol–water partition coefficient (Wildman–Crippen LogP) is 4.64. The second-order valence-corrected chi connectivity index (χ2v) is 7.45. The van der Waals surface area contributed by atoms with Gasteiger partial charge in [-0.15, -0.1) is 0 Å². The molecule has 1 aliphatic carbocycles. The number of benzene rings is 3. The maximum atomic E-state index is 12.4. The maximum absolute atomic E-state index is 12.4. The summed E-state index contributed by atoms with van der Waals surface area (Å²) in [5.74, 6) is 0.482. The molecule has 0 saturated heterocycles. The van der Waals surface area contributed by atoms with Crippen molar-refractivity contribution in [2.24, 2.45) is 5.92 Å². The van der Waals surface area contributed by atoms with Crippen LogP contribution in [0.5, 0.6) is 5.75 Å². The average molecular weight is 400 g/mol. The second kappa shape index (κ2) is 9.27. The molecule has 30 heavy (non-hydrogen) atoms. The molecule has 0 aliphatic heterocycles. The van der Waals surface area contributed by atoms with Crippen LogP contribution in [0.25, 0.3) is 0 Å². The van der Waals surface area contributed by atoms with Crippen molar-refractivity contribution in [1.29, 1.82) is 0 Å². The summed E-state index contributed by atoms with van der Waals surface area (Å²) in [4.78, 5) is 24.3. The smallest absolute Gasteiger partial charge is 0.262 e. The van der Waals surface area contributed by atoms with Crippen molar-refractivity contribution in [2.45, 2.75) is 19.3 Å². The molecule has 0 spiro atoms. The summed E-state index contributed by atoms with van der Waals surface area (Å²) in [5, 5.41) is 5.82. The van der Waals surface area contributed by atoms with Crippen LogP contribution in [0.15, 0.2) is 78.9 Å². The van der Waals surface area contributed by atoms with E-state index in [0.717, 1.165) is 30.5 Å². The number of nitrogens with one attached hydrogen (secondary N) is 2. The molecule has 1 saturated carbocycles. The van der Waals surface area contributed by atoms with Crippen LogP contribution < -0.4 is 15.4 Å². The topological polar surface area (TPSA) is 67.4 Å². The molecular weight excluding hydrogens is 376 g/mol. The van der Waals surface area contributed by atoms with Gasteiger partial charge in [-0.2, -0.15) is 0 Å².